The number of carbonyl (C=O) groups is 2. The van der Waals surface area contributed by atoms with E-state index in [4.69, 9.17) is 4.74 Å². The van der Waals surface area contributed by atoms with Gasteiger partial charge in [-0.3, -0.25) is 9.59 Å². The van der Waals surface area contributed by atoms with Crippen molar-refractivity contribution in [3.05, 3.63) is 65.4 Å². The van der Waals surface area contributed by atoms with E-state index in [2.05, 4.69) is 4.98 Å². The molecule has 0 amide bonds. The first-order valence-electron chi connectivity index (χ1n) is 7.94. The minimum absolute atomic E-state index is 0.00131. The Hall–Kier alpha value is -2.88. The molecule has 0 saturated heterocycles. The summed E-state index contributed by atoms with van der Waals surface area (Å²) in [5, 5.41) is 0.923. The van der Waals surface area contributed by atoms with E-state index in [-0.39, 0.29) is 11.6 Å². The summed E-state index contributed by atoms with van der Waals surface area (Å²) in [4.78, 5) is 29.0. The van der Waals surface area contributed by atoms with Crippen LogP contribution in [-0.4, -0.2) is 23.7 Å². The Morgan fingerprint density at radius 1 is 1.00 bits per heavy atom. The number of H-pyrrole nitrogens is 1. The highest BCUT2D eigenvalue weighted by Gasteiger charge is 2.40. The number of rotatable bonds is 2. The quantitative estimate of drug-likeness (QED) is 0.777. The number of hydrogen-bond donors (Lipinski definition) is 1. The van der Waals surface area contributed by atoms with Gasteiger partial charge in [-0.05, 0) is 23.8 Å². The molecule has 1 aromatic heterocycles. The van der Waals surface area contributed by atoms with Gasteiger partial charge in [0.1, 0.15) is 5.75 Å². The number of ketones is 2. The monoisotopic (exact) mass is 319 g/mol. The number of carbonyl (C=O) groups excluding carboxylic acids is 2. The lowest BCUT2D eigenvalue weighted by molar-refractivity contribution is 0.0804. The molecule has 0 spiro atoms. The highest BCUT2D eigenvalue weighted by molar-refractivity contribution is 6.18. The van der Waals surface area contributed by atoms with Crippen molar-refractivity contribution >= 4 is 22.5 Å². The zero-order valence-electron chi connectivity index (χ0n) is 13.5. The van der Waals surface area contributed by atoms with Gasteiger partial charge in [-0.15, -0.1) is 0 Å². The summed E-state index contributed by atoms with van der Waals surface area (Å²) in [5.41, 5.74) is 2.83. The Morgan fingerprint density at radius 2 is 1.71 bits per heavy atom. The van der Waals surface area contributed by atoms with E-state index in [0.717, 1.165) is 22.2 Å². The molecule has 4 nitrogen and oxygen atoms in total. The van der Waals surface area contributed by atoms with E-state index in [9.17, 15) is 9.59 Å². The number of aromatic nitrogens is 1. The lowest BCUT2D eigenvalue weighted by atomic mass is 9.72. The molecule has 0 saturated carbocycles. The summed E-state index contributed by atoms with van der Waals surface area (Å²) >= 11 is 0. The van der Waals surface area contributed by atoms with Crippen LogP contribution in [0.15, 0.2) is 48.7 Å². The molecule has 2 atom stereocenters. The van der Waals surface area contributed by atoms with Gasteiger partial charge in [0.05, 0.1) is 13.0 Å². The van der Waals surface area contributed by atoms with Gasteiger partial charge in [0.15, 0.2) is 11.6 Å². The Labute approximate surface area is 139 Å². The fourth-order valence-corrected chi connectivity index (χ4v) is 3.62. The second-order valence-corrected chi connectivity index (χ2v) is 6.20. The molecule has 3 aromatic rings. The van der Waals surface area contributed by atoms with Crippen LogP contribution in [0, 0.1) is 5.92 Å². The van der Waals surface area contributed by atoms with Crippen molar-refractivity contribution in [3.8, 4) is 5.75 Å². The van der Waals surface area contributed by atoms with Crippen LogP contribution in [0.25, 0.3) is 10.9 Å². The zero-order valence-corrected chi connectivity index (χ0v) is 13.5. The zero-order chi connectivity index (χ0) is 16.8. The molecule has 1 aliphatic carbocycles. The molecule has 120 valence electrons. The van der Waals surface area contributed by atoms with Crippen molar-refractivity contribution in [3.63, 3.8) is 0 Å². The number of methoxy groups -OCH3 is 1. The van der Waals surface area contributed by atoms with Gasteiger partial charge in [-0.2, -0.15) is 0 Å². The SMILES string of the molecule is COc1ccc2[nH]cc(C3C(=O)c4ccccc4C(=O)C3C)c2c1. The van der Waals surface area contributed by atoms with Crippen molar-refractivity contribution in [2.45, 2.75) is 12.8 Å². The molecule has 0 aliphatic heterocycles. The molecule has 2 unspecified atom stereocenters. The third kappa shape index (κ3) is 1.99. The normalized spacial score (nSPS) is 20.2. The van der Waals surface area contributed by atoms with E-state index in [1.54, 1.807) is 31.4 Å². The van der Waals surface area contributed by atoms with E-state index in [1.807, 2.05) is 31.3 Å². The number of aromatic amines is 1. The molecule has 0 radical (unpaired) electrons. The maximum Gasteiger partial charge on any atom is 0.171 e. The van der Waals surface area contributed by atoms with Gasteiger partial charge in [0.25, 0.3) is 0 Å². The number of benzene rings is 2. The highest BCUT2D eigenvalue weighted by Crippen LogP contribution is 2.40. The van der Waals surface area contributed by atoms with Gasteiger partial charge in [-0.25, -0.2) is 0 Å². The maximum atomic E-state index is 13.1. The molecular weight excluding hydrogens is 302 g/mol. The van der Waals surface area contributed by atoms with Crippen LogP contribution in [0.5, 0.6) is 5.75 Å². The van der Waals surface area contributed by atoms with Crippen molar-refractivity contribution in [1.29, 1.82) is 0 Å². The van der Waals surface area contributed by atoms with Crippen LogP contribution in [0.4, 0.5) is 0 Å². The first-order valence-corrected chi connectivity index (χ1v) is 7.94. The van der Waals surface area contributed by atoms with Crippen molar-refractivity contribution in [1.82, 2.24) is 4.98 Å². The Bertz CT molecular complexity index is 970. The number of Topliss-reactive ketones (excluding diaryl/α,β-unsaturated/α-hetero) is 2. The second-order valence-electron chi connectivity index (χ2n) is 6.20. The third-order valence-corrected chi connectivity index (χ3v) is 4.91. The Balaban J connectivity index is 1.91. The average Bonchev–Trinajstić information content (AvgIpc) is 3.03. The molecule has 2 aromatic carbocycles. The minimum Gasteiger partial charge on any atom is -0.497 e. The van der Waals surface area contributed by atoms with Gasteiger partial charge < -0.3 is 9.72 Å². The second kappa shape index (κ2) is 5.34. The molecule has 24 heavy (non-hydrogen) atoms. The lowest BCUT2D eigenvalue weighted by Crippen LogP contribution is -2.33. The summed E-state index contributed by atoms with van der Waals surface area (Å²) in [6.45, 7) is 1.83. The predicted octanol–water partition coefficient (Wildman–Crippen LogP) is 3.98. The van der Waals surface area contributed by atoms with E-state index in [1.165, 1.54) is 0 Å². The van der Waals surface area contributed by atoms with Gasteiger partial charge in [-0.1, -0.05) is 31.2 Å². The first-order chi connectivity index (χ1) is 11.6. The predicted molar refractivity (Wildman–Crippen MR) is 91.9 cm³/mol. The average molecular weight is 319 g/mol. The standard InChI is InChI=1S/C20H17NO3/c1-11-18(20(23)14-6-4-3-5-13(14)19(11)22)16-10-21-17-8-7-12(24-2)9-15(16)17/h3-11,18,21H,1-2H3. The molecule has 4 heteroatoms. The summed E-state index contributed by atoms with van der Waals surface area (Å²) in [6.07, 6.45) is 1.84. The van der Waals surface area contributed by atoms with Gasteiger partial charge in [0.2, 0.25) is 0 Å². The molecule has 1 aliphatic rings. The van der Waals surface area contributed by atoms with E-state index in [0.29, 0.717) is 11.1 Å². The van der Waals surface area contributed by atoms with Crippen LogP contribution in [0.1, 0.15) is 39.1 Å². The molecule has 1 N–H and O–H groups in total. The van der Waals surface area contributed by atoms with Crippen molar-refractivity contribution < 1.29 is 14.3 Å². The Morgan fingerprint density at radius 3 is 2.42 bits per heavy atom. The first kappa shape index (κ1) is 14.7. The summed E-state index contributed by atoms with van der Waals surface area (Å²) in [7, 11) is 1.61. The van der Waals surface area contributed by atoms with Crippen LogP contribution in [0.3, 0.4) is 0 Å². The highest BCUT2D eigenvalue weighted by atomic mass is 16.5. The molecule has 0 bridgehead atoms. The van der Waals surface area contributed by atoms with Crippen LogP contribution < -0.4 is 4.74 Å². The number of ether oxygens (including phenoxy) is 1. The summed E-state index contributed by atoms with van der Waals surface area (Å²) in [5.74, 6) is -0.120. The van der Waals surface area contributed by atoms with E-state index >= 15 is 0 Å². The molecule has 0 fully saturated rings. The van der Waals surface area contributed by atoms with Gasteiger partial charge >= 0.3 is 0 Å². The topological polar surface area (TPSA) is 59.2 Å². The summed E-state index contributed by atoms with van der Waals surface area (Å²) < 4.78 is 5.30. The number of nitrogens with one attached hydrogen (secondary N) is 1. The lowest BCUT2D eigenvalue weighted by Gasteiger charge is -2.28. The van der Waals surface area contributed by atoms with Gasteiger partial charge in [0, 0.05) is 34.1 Å². The molecule has 4 rings (SSSR count). The summed E-state index contributed by atoms with van der Waals surface area (Å²) in [6, 6.07) is 12.8. The maximum absolute atomic E-state index is 13.1. The third-order valence-electron chi connectivity index (χ3n) is 4.91. The molecular formula is C20H17NO3. The number of fused-ring (bicyclic) bond motifs is 2. The van der Waals surface area contributed by atoms with Crippen molar-refractivity contribution in [2.75, 3.05) is 7.11 Å². The largest absolute Gasteiger partial charge is 0.497 e. The van der Waals surface area contributed by atoms with Crippen LogP contribution in [0.2, 0.25) is 0 Å². The van der Waals surface area contributed by atoms with Crippen molar-refractivity contribution in [2.24, 2.45) is 5.92 Å². The Kier molecular flexibility index (Phi) is 3.27. The smallest absolute Gasteiger partial charge is 0.171 e. The van der Waals surface area contributed by atoms with E-state index < -0.39 is 11.8 Å². The molecule has 1 heterocycles. The minimum atomic E-state index is -0.478. The van der Waals surface area contributed by atoms with Crippen LogP contribution in [-0.2, 0) is 0 Å². The number of hydrogen-bond acceptors (Lipinski definition) is 3. The van der Waals surface area contributed by atoms with Crippen LogP contribution >= 0.6 is 0 Å². The fraction of sp³-hybridized carbons (Fsp3) is 0.200. The fourth-order valence-electron chi connectivity index (χ4n) is 3.62.